The Hall–Kier alpha value is -1.68. The Morgan fingerprint density at radius 3 is 2.41 bits per heavy atom. The average molecular weight is 480 g/mol. The number of piperazine rings is 1. The molecule has 0 N–H and O–H groups in total. The lowest BCUT2D eigenvalue weighted by Gasteiger charge is -2.33. The van der Waals surface area contributed by atoms with Crippen molar-refractivity contribution in [3.63, 3.8) is 0 Å². The van der Waals surface area contributed by atoms with Crippen molar-refractivity contribution < 1.29 is 17.9 Å². The van der Waals surface area contributed by atoms with Gasteiger partial charge in [0.1, 0.15) is 12.4 Å². The lowest BCUT2D eigenvalue weighted by Crippen LogP contribution is -2.49. The van der Waals surface area contributed by atoms with Gasteiger partial charge >= 0.3 is 0 Å². The number of benzene rings is 2. The van der Waals surface area contributed by atoms with Crippen molar-refractivity contribution in [2.24, 2.45) is 0 Å². The summed E-state index contributed by atoms with van der Waals surface area (Å²) in [5.74, 6) is 0.873. The van der Waals surface area contributed by atoms with Gasteiger partial charge in [0.2, 0.25) is 10.0 Å². The number of halogens is 1. The van der Waals surface area contributed by atoms with Crippen LogP contribution in [0.4, 0.5) is 0 Å². The van der Waals surface area contributed by atoms with Crippen LogP contribution in [0, 0.1) is 0 Å². The van der Waals surface area contributed by atoms with Crippen LogP contribution in [-0.4, -0.2) is 88.2 Å². The second-order valence-corrected chi connectivity index (χ2v) is 10.5. The zero-order chi connectivity index (χ0) is 22.4. The van der Waals surface area contributed by atoms with E-state index in [1.807, 2.05) is 12.1 Å². The molecule has 0 aromatic heterocycles. The van der Waals surface area contributed by atoms with Crippen LogP contribution in [0.3, 0.4) is 0 Å². The van der Waals surface area contributed by atoms with E-state index in [1.54, 1.807) is 18.2 Å². The molecule has 2 saturated heterocycles. The molecule has 2 aliphatic heterocycles. The third-order valence-corrected chi connectivity index (χ3v) is 7.98. The Morgan fingerprint density at radius 2 is 1.66 bits per heavy atom. The first kappa shape index (κ1) is 23.5. The van der Waals surface area contributed by atoms with Gasteiger partial charge in [0.05, 0.1) is 18.1 Å². The molecule has 174 valence electrons. The van der Waals surface area contributed by atoms with Crippen LogP contribution in [0.1, 0.15) is 5.56 Å². The van der Waals surface area contributed by atoms with Crippen molar-refractivity contribution in [1.82, 2.24) is 14.1 Å². The molecule has 2 heterocycles. The molecule has 4 rings (SSSR count). The number of rotatable bonds is 8. The SMILES string of the molecule is O=S(=O)(c1cccc(Cl)c1)N1CCN(CCOc2cccc(CN3CCOCC3)c2)CC1. The number of hydrogen-bond acceptors (Lipinski definition) is 6. The lowest BCUT2D eigenvalue weighted by molar-refractivity contribution is 0.0341. The molecular weight excluding hydrogens is 450 g/mol. The standard InChI is InChI=1S/C23H30ClN3O4S/c24-21-4-2-6-23(18-21)32(28,29)27-9-7-25(8-10-27)13-16-31-22-5-1-3-20(17-22)19-26-11-14-30-15-12-26/h1-6,17-18H,7-16,19H2. The summed E-state index contributed by atoms with van der Waals surface area (Å²) in [6, 6.07) is 14.7. The molecule has 32 heavy (non-hydrogen) atoms. The molecule has 0 radical (unpaired) electrons. The third kappa shape index (κ3) is 6.21. The van der Waals surface area contributed by atoms with E-state index in [4.69, 9.17) is 21.1 Å². The summed E-state index contributed by atoms with van der Waals surface area (Å²) in [6.45, 7) is 8.04. The van der Waals surface area contributed by atoms with Gasteiger partial charge in [0.25, 0.3) is 0 Å². The number of hydrogen-bond donors (Lipinski definition) is 0. The minimum Gasteiger partial charge on any atom is -0.492 e. The van der Waals surface area contributed by atoms with E-state index < -0.39 is 10.0 Å². The molecule has 0 amide bonds. The third-order valence-electron chi connectivity index (χ3n) is 5.85. The fraction of sp³-hybridized carbons (Fsp3) is 0.478. The zero-order valence-electron chi connectivity index (χ0n) is 18.2. The van der Waals surface area contributed by atoms with Crippen molar-refractivity contribution >= 4 is 21.6 Å². The van der Waals surface area contributed by atoms with Crippen LogP contribution < -0.4 is 4.74 Å². The van der Waals surface area contributed by atoms with Crippen LogP contribution in [0.15, 0.2) is 53.4 Å². The highest BCUT2D eigenvalue weighted by Gasteiger charge is 2.28. The van der Waals surface area contributed by atoms with Gasteiger partial charge in [-0.1, -0.05) is 29.8 Å². The van der Waals surface area contributed by atoms with Crippen LogP contribution in [0.25, 0.3) is 0 Å². The van der Waals surface area contributed by atoms with Gasteiger partial charge in [0, 0.05) is 57.4 Å². The monoisotopic (exact) mass is 479 g/mol. The maximum atomic E-state index is 12.8. The summed E-state index contributed by atoms with van der Waals surface area (Å²) in [5, 5.41) is 0.427. The zero-order valence-corrected chi connectivity index (χ0v) is 19.7. The number of sulfonamides is 1. The van der Waals surface area contributed by atoms with Gasteiger partial charge in [-0.3, -0.25) is 9.80 Å². The molecule has 2 aromatic carbocycles. The van der Waals surface area contributed by atoms with Crippen LogP contribution in [-0.2, 0) is 21.3 Å². The average Bonchev–Trinajstić information content (AvgIpc) is 2.80. The normalized spacial score (nSPS) is 19.2. The largest absolute Gasteiger partial charge is 0.492 e. The topological polar surface area (TPSA) is 62.3 Å². The van der Waals surface area contributed by atoms with Gasteiger partial charge in [-0.05, 0) is 35.9 Å². The Morgan fingerprint density at radius 1 is 0.906 bits per heavy atom. The van der Waals surface area contributed by atoms with Gasteiger partial charge in [-0.2, -0.15) is 4.31 Å². The van der Waals surface area contributed by atoms with E-state index >= 15 is 0 Å². The van der Waals surface area contributed by atoms with E-state index in [2.05, 4.69) is 21.9 Å². The van der Waals surface area contributed by atoms with Gasteiger partial charge in [-0.15, -0.1) is 0 Å². The van der Waals surface area contributed by atoms with Crippen molar-refractivity contribution in [2.45, 2.75) is 11.4 Å². The van der Waals surface area contributed by atoms with E-state index in [9.17, 15) is 8.42 Å². The van der Waals surface area contributed by atoms with Gasteiger partial charge in [0.15, 0.2) is 0 Å². The smallest absolute Gasteiger partial charge is 0.243 e. The predicted octanol–water partition coefficient (Wildman–Crippen LogP) is 2.56. The van der Waals surface area contributed by atoms with Crippen LogP contribution in [0.5, 0.6) is 5.75 Å². The summed E-state index contributed by atoms with van der Waals surface area (Å²) < 4.78 is 38.6. The molecule has 2 aliphatic rings. The van der Waals surface area contributed by atoms with Crippen molar-refractivity contribution in [3.05, 3.63) is 59.1 Å². The second kappa shape index (κ2) is 11.0. The maximum absolute atomic E-state index is 12.8. The highest BCUT2D eigenvalue weighted by Crippen LogP contribution is 2.21. The molecule has 7 nitrogen and oxygen atoms in total. The highest BCUT2D eigenvalue weighted by atomic mass is 35.5. The molecule has 0 bridgehead atoms. The van der Waals surface area contributed by atoms with Crippen LogP contribution >= 0.6 is 11.6 Å². The molecule has 2 fully saturated rings. The molecule has 0 aliphatic carbocycles. The van der Waals surface area contributed by atoms with Gasteiger partial charge in [-0.25, -0.2) is 8.42 Å². The fourth-order valence-electron chi connectivity index (χ4n) is 4.01. The quantitative estimate of drug-likeness (QED) is 0.580. The first-order valence-corrected chi connectivity index (χ1v) is 12.8. The number of ether oxygens (including phenoxy) is 2. The van der Waals surface area contributed by atoms with E-state index in [-0.39, 0.29) is 4.90 Å². The lowest BCUT2D eigenvalue weighted by atomic mass is 10.2. The van der Waals surface area contributed by atoms with E-state index in [0.29, 0.717) is 37.8 Å². The first-order valence-electron chi connectivity index (χ1n) is 11.0. The maximum Gasteiger partial charge on any atom is 0.243 e. The van der Waals surface area contributed by atoms with E-state index in [1.165, 1.54) is 15.9 Å². The van der Waals surface area contributed by atoms with Crippen molar-refractivity contribution in [1.29, 1.82) is 0 Å². The molecule has 2 aromatic rings. The molecule has 0 spiro atoms. The minimum absolute atomic E-state index is 0.249. The fourth-order valence-corrected chi connectivity index (χ4v) is 5.74. The Balaban J connectivity index is 1.22. The first-order chi connectivity index (χ1) is 15.5. The van der Waals surface area contributed by atoms with Crippen LogP contribution in [0.2, 0.25) is 5.02 Å². The second-order valence-electron chi connectivity index (χ2n) is 8.09. The molecular formula is C23H30ClN3O4S. The number of nitrogens with zero attached hydrogens (tertiary/aromatic N) is 3. The Bertz CT molecular complexity index is 990. The summed E-state index contributed by atoms with van der Waals surface area (Å²) in [7, 11) is -3.51. The molecule has 0 atom stereocenters. The summed E-state index contributed by atoms with van der Waals surface area (Å²) in [4.78, 5) is 4.87. The van der Waals surface area contributed by atoms with Crippen molar-refractivity contribution in [3.8, 4) is 5.75 Å². The Kier molecular flexibility index (Phi) is 8.04. The summed E-state index contributed by atoms with van der Waals surface area (Å²) in [6.07, 6.45) is 0. The molecule has 0 unspecified atom stereocenters. The van der Waals surface area contributed by atoms with Gasteiger partial charge < -0.3 is 9.47 Å². The number of morpholine rings is 1. The minimum atomic E-state index is -3.51. The highest BCUT2D eigenvalue weighted by molar-refractivity contribution is 7.89. The van der Waals surface area contributed by atoms with E-state index in [0.717, 1.165) is 45.1 Å². The molecule has 0 saturated carbocycles. The summed E-state index contributed by atoms with van der Waals surface area (Å²) in [5.41, 5.74) is 1.24. The Labute approximate surface area is 195 Å². The summed E-state index contributed by atoms with van der Waals surface area (Å²) >= 11 is 5.97. The predicted molar refractivity (Wildman–Crippen MR) is 125 cm³/mol. The van der Waals surface area contributed by atoms with Crippen molar-refractivity contribution in [2.75, 3.05) is 65.6 Å². The molecule has 9 heteroatoms.